The van der Waals surface area contributed by atoms with Gasteiger partial charge < -0.3 is 19.5 Å². The van der Waals surface area contributed by atoms with Crippen LogP contribution < -0.4 is 19.5 Å². The average Bonchev–Trinajstić information content (AvgIpc) is 3.20. The Balaban J connectivity index is 1.49. The summed E-state index contributed by atoms with van der Waals surface area (Å²) in [5.74, 6) is -1.02. The number of halogens is 4. The van der Waals surface area contributed by atoms with Gasteiger partial charge in [-0.05, 0) is 73.1 Å². The van der Waals surface area contributed by atoms with Crippen LogP contribution in [0.25, 0.3) is 6.08 Å². The highest BCUT2D eigenvalue weighted by atomic mass is 35.5. The molecule has 4 rings (SSSR count). The van der Waals surface area contributed by atoms with Crippen LogP contribution in [0.4, 0.5) is 23.7 Å². The Bertz CT molecular complexity index is 1580. The highest BCUT2D eigenvalue weighted by Gasteiger charge is 2.37. The molecule has 0 radical (unpaired) electrons. The maximum absolute atomic E-state index is 13.1. The van der Waals surface area contributed by atoms with Crippen LogP contribution in [-0.2, 0) is 22.4 Å². The Morgan fingerprint density at radius 2 is 1.77 bits per heavy atom. The predicted molar refractivity (Wildman–Crippen MR) is 157 cm³/mol. The summed E-state index contributed by atoms with van der Waals surface area (Å²) in [6, 6.07) is 13.5. The minimum Gasteiger partial charge on any atom is -0.495 e. The number of imide groups is 1. The molecule has 1 N–H and O–H groups in total. The Morgan fingerprint density at radius 3 is 2.42 bits per heavy atom. The average molecular weight is 635 g/mol. The number of methoxy groups -OCH3 is 1. The Morgan fingerprint density at radius 1 is 1.05 bits per heavy atom. The van der Waals surface area contributed by atoms with Crippen molar-refractivity contribution in [2.75, 3.05) is 25.6 Å². The van der Waals surface area contributed by atoms with Crippen molar-refractivity contribution in [1.82, 2.24) is 4.90 Å². The van der Waals surface area contributed by atoms with E-state index >= 15 is 0 Å². The van der Waals surface area contributed by atoms with Crippen LogP contribution in [0.2, 0.25) is 5.02 Å². The molecule has 1 saturated heterocycles. The second-order valence-electron chi connectivity index (χ2n) is 9.27. The molecule has 0 spiro atoms. The molecule has 0 saturated carbocycles. The van der Waals surface area contributed by atoms with E-state index in [1.54, 1.807) is 19.1 Å². The van der Waals surface area contributed by atoms with Crippen LogP contribution >= 0.6 is 23.4 Å². The van der Waals surface area contributed by atoms with Gasteiger partial charge >= 0.3 is 6.18 Å². The van der Waals surface area contributed by atoms with E-state index < -0.39 is 35.3 Å². The molecule has 3 aromatic rings. The van der Waals surface area contributed by atoms with Gasteiger partial charge in [0.05, 0.1) is 34.9 Å². The van der Waals surface area contributed by atoms with Gasteiger partial charge in [-0.3, -0.25) is 19.3 Å². The van der Waals surface area contributed by atoms with Crippen LogP contribution in [0.1, 0.15) is 29.2 Å². The molecule has 43 heavy (non-hydrogen) atoms. The number of hydrogen-bond donors (Lipinski definition) is 1. The SMILES string of the molecule is CCOc1cc(/C=C2\SC(=O)N(CC(=O)Nc3cc(C(F)(F)F)ccc3OC)C2=O)cc(Cl)c1OCc1ccc(C)cc1. The zero-order valence-corrected chi connectivity index (χ0v) is 24.8. The first kappa shape index (κ1) is 31.8. The number of carbonyl (C=O) groups is 3. The van der Waals surface area contributed by atoms with Gasteiger partial charge in [0.1, 0.15) is 18.9 Å². The second-order valence-corrected chi connectivity index (χ2v) is 10.7. The van der Waals surface area contributed by atoms with Gasteiger partial charge in [-0.1, -0.05) is 41.4 Å². The minimum absolute atomic E-state index is 0.0151. The van der Waals surface area contributed by atoms with Crippen LogP contribution in [0.15, 0.2) is 59.5 Å². The lowest BCUT2D eigenvalue weighted by Crippen LogP contribution is -2.36. The van der Waals surface area contributed by atoms with Crippen LogP contribution in [0, 0.1) is 6.92 Å². The van der Waals surface area contributed by atoms with Crippen molar-refractivity contribution in [3.05, 3.63) is 86.8 Å². The van der Waals surface area contributed by atoms with Crippen molar-refractivity contribution >= 4 is 52.2 Å². The summed E-state index contributed by atoms with van der Waals surface area (Å²) in [5, 5.41) is 1.78. The minimum atomic E-state index is -4.65. The second kappa shape index (κ2) is 13.4. The Hall–Kier alpha value is -4.16. The third kappa shape index (κ3) is 7.82. The summed E-state index contributed by atoms with van der Waals surface area (Å²) >= 11 is 7.12. The number of ether oxygens (including phenoxy) is 3. The van der Waals surface area contributed by atoms with E-state index in [9.17, 15) is 27.6 Å². The smallest absolute Gasteiger partial charge is 0.416 e. The number of nitrogens with zero attached hydrogens (tertiary/aromatic N) is 1. The monoisotopic (exact) mass is 634 g/mol. The van der Waals surface area contributed by atoms with Crippen molar-refractivity contribution in [3.63, 3.8) is 0 Å². The number of aryl methyl sites for hydroxylation is 1. The molecular formula is C30H26ClF3N2O6S. The van der Waals surface area contributed by atoms with Gasteiger partial charge in [0, 0.05) is 0 Å². The maximum atomic E-state index is 13.1. The van der Waals surface area contributed by atoms with Gasteiger partial charge in [-0.25, -0.2) is 0 Å². The first-order chi connectivity index (χ1) is 20.4. The number of anilines is 1. The van der Waals surface area contributed by atoms with E-state index in [0.717, 1.165) is 23.3 Å². The zero-order valence-electron chi connectivity index (χ0n) is 23.2. The molecule has 1 aliphatic heterocycles. The fraction of sp³-hybridized carbons (Fsp3) is 0.233. The molecule has 8 nitrogen and oxygen atoms in total. The van der Waals surface area contributed by atoms with Crippen molar-refractivity contribution in [3.8, 4) is 17.2 Å². The van der Waals surface area contributed by atoms with E-state index in [0.29, 0.717) is 46.4 Å². The number of thioether (sulfide) groups is 1. The molecule has 3 amide bonds. The molecule has 226 valence electrons. The number of rotatable bonds is 10. The van der Waals surface area contributed by atoms with E-state index in [4.69, 9.17) is 25.8 Å². The number of hydrogen-bond acceptors (Lipinski definition) is 7. The van der Waals surface area contributed by atoms with Crippen molar-refractivity contribution < 1.29 is 41.8 Å². The van der Waals surface area contributed by atoms with E-state index in [1.165, 1.54) is 13.2 Å². The van der Waals surface area contributed by atoms with Crippen molar-refractivity contribution in [1.29, 1.82) is 0 Å². The molecule has 0 aliphatic carbocycles. The van der Waals surface area contributed by atoms with E-state index in [1.807, 2.05) is 31.2 Å². The fourth-order valence-electron chi connectivity index (χ4n) is 4.02. The summed E-state index contributed by atoms with van der Waals surface area (Å²) < 4.78 is 56.1. The van der Waals surface area contributed by atoms with Gasteiger partial charge in [0.25, 0.3) is 11.1 Å². The topological polar surface area (TPSA) is 94.2 Å². The lowest BCUT2D eigenvalue weighted by Gasteiger charge is -2.16. The number of benzene rings is 3. The number of alkyl halides is 3. The summed E-state index contributed by atoms with van der Waals surface area (Å²) in [5.41, 5.74) is 1.22. The first-order valence-electron chi connectivity index (χ1n) is 12.8. The molecule has 1 heterocycles. The first-order valence-corrected chi connectivity index (χ1v) is 14.0. The Kier molecular flexibility index (Phi) is 9.92. The van der Waals surface area contributed by atoms with Crippen molar-refractivity contribution in [2.24, 2.45) is 0 Å². The van der Waals surface area contributed by atoms with Gasteiger partial charge in [-0.15, -0.1) is 0 Å². The summed E-state index contributed by atoms with van der Waals surface area (Å²) in [6.07, 6.45) is -3.23. The number of amides is 3. The number of nitrogens with one attached hydrogen (secondary N) is 1. The largest absolute Gasteiger partial charge is 0.495 e. The van der Waals surface area contributed by atoms with Crippen LogP contribution in [0.3, 0.4) is 0 Å². The van der Waals surface area contributed by atoms with E-state index in [-0.39, 0.29) is 28.0 Å². The Labute approximate surface area is 254 Å². The maximum Gasteiger partial charge on any atom is 0.416 e. The normalized spacial score (nSPS) is 14.3. The lowest BCUT2D eigenvalue weighted by atomic mass is 10.1. The summed E-state index contributed by atoms with van der Waals surface area (Å²) in [4.78, 5) is 39.0. The molecule has 1 aliphatic rings. The third-order valence-corrected chi connectivity index (χ3v) is 7.30. The molecule has 1 fully saturated rings. The summed E-state index contributed by atoms with van der Waals surface area (Å²) in [6.45, 7) is 3.60. The highest BCUT2D eigenvalue weighted by molar-refractivity contribution is 8.18. The molecule has 0 bridgehead atoms. The van der Waals surface area contributed by atoms with Gasteiger partial charge in [0.15, 0.2) is 11.5 Å². The molecule has 13 heteroatoms. The molecule has 0 aromatic heterocycles. The van der Waals surface area contributed by atoms with Gasteiger partial charge in [-0.2, -0.15) is 13.2 Å². The predicted octanol–water partition coefficient (Wildman–Crippen LogP) is 7.33. The number of carbonyl (C=O) groups excluding carboxylic acids is 3. The summed E-state index contributed by atoms with van der Waals surface area (Å²) in [7, 11) is 1.23. The standard InChI is InChI=1S/C30H26ClF3N2O6S/c1-4-41-24-12-19(11-21(31)27(24)42-16-18-7-5-17(2)6-8-18)13-25-28(38)36(29(39)43-25)15-26(37)35-22-14-20(30(32,33)34)9-10-23(22)40-3/h5-14H,4,15-16H2,1-3H3,(H,35,37)/b25-13-. The molecular weight excluding hydrogens is 609 g/mol. The van der Waals surface area contributed by atoms with Crippen LogP contribution in [0.5, 0.6) is 17.2 Å². The zero-order chi connectivity index (χ0) is 31.3. The van der Waals surface area contributed by atoms with Crippen LogP contribution in [-0.4, -0.2) is 42.2 Å². The van der Waals surface area contributed by atoms with Gasteiger partial charge in [0.2, 0.25) is 5.91 Å². The van der Waals surface area contributed by atoms with E-state index in [2.05, 4.69) is 5.32 Å². The molecule has 0 unspecified atom stereocenters. The fourth-order valence-corrected chi connectivity index (χ4v) is 5.13. The molecule has 3 aromatic carbocycles. The third-order valence-electron chi connectivity index (χ3n) is 6.11. The van der Waals surface area contributed by atoms with Crippen molar-refractivity contribution in [2.45, 2.75) is 26.6 Å². The highest BCUT2D eigenvalue weighted by Crippen LogP contribution is 2.40. The molecule has 0 atom stereocenters. The lowest BCUT2D eigenvalue weighted by molar-refractivity contribution is -0.137. The quantitative estimate of drug-likeness (QED) is 0.233.